The Morgan fingerprint density at radius 3 is 2.45 bits per heavy atom. The molecule has 2 atom stereocenters. The number of amides is 3. The lowest BCUT2D eigenvalue weighted by Crippen LogP contribution is -2.54. The SMILES string of the molecule is CCOc1ccc(O/C=C2\CCC(=O)N2)cc1CC(=O)N[C@H](C(=O)NC(CC(=O)O)C(=O)CSCc1ccccc1)C(C)C. The van der Waals surface area contributed by atoms with Crippen LogP contribution in [0.5, 0.6) is 11.5 Å². The minimum atomic E-state index is -1.24. The molecule has 1 fully saturated rings. The van der Waals surface area contributed by atoms with Gasteiger partial charge in [-0.05, 0) is 43.0 Å². The van der Waals surface area contributed by atoms with Crippen molar-refractivity contribution in [3.8, 4) is 11.5 Å². The molecule has 0 bridgehead atoms. The third kappa shape index (κ3) is 11.1. The number of hydrogen-bond donors (Lipinski definition) is 4. The summed E-state index contributed by atoms with van der Waals surface area (Å²) in [6, 6.07) is 12.3. The van der Waals surface area contributed by atoms with E-state index in [-0.39, 0.29) is 24.0 Å². The summed E-state index contributed by atoms with van der Waals surface area (Å²) in [7, 11) is 0. The van der Waals surface area contributed by atoms with Crippen molar-refractivity contribution in [1.29, 1.82) is 0 Å². The second kappa shape index (κ2) is 17.1. The quantitative estimate of drug-likeness (QED) is 0.193. The highest BCUT2D eigenvalue weighted by Gasteiger charge is 2.30. The van der Waals surface area contributed by atoms with Gasteiger partial charge in [0.15, 0.2) is 5.78 Å². The number of ketones is 1. The van der Waals surface area contributed by atoms with Crippen LogP contribution in [0.1, 0.15) is 51.2 Å². The number of thioether (sulfide) groups is 1. The Kier molecular flexibility index (Phi) is 13.3. The lowest BCUT2D eigenvalue weighted by molar-refractivity contribution is -0.140. The van der Waals surface area contributed by atoms with Gasteiger partial charge in [-0.1, -0.05) is 44.2 Å². The summed E-state index contributed by atoms with van der Waals surface area (Å²) in [6.07, 6.45) is 1.70. The summed E-state index contributed by atoms with van der Waals surface area (Å²) in [4.78, 5) is 62.3. The molecule has 0 aromatic heterocycles. The molecule has 236 valence electrons. The van der Waals surface area contributed by atoms with Gasteiger partial charge in [0.05, 0.1) is 36.9 Å². The van der Waals surface area contributed by atoms with E-state index in [2.05, 4.69) is 16.0 Å². The number of hydrogen-bond acceptors (Lipinski definition) is 8. The van der Waals surface area contributed by atoms with Crippen molar-refractivity contribution in [2.75, 3.05) is 12.4 Å². The fourth-order valence-corrected chi connectivity index (χ4v) is 5.33. The minimum Gasteiger partial charge on any atom is -0.494 e. The van der Waals surface area contributed by atoms with Crippen molar-refractivity contribution < 1.29 is 38.6 Å². The van der Waals surface area contributed by atoms with Gasteiger partial charge in [0.1, 0.15) is 23.8 Å². The maximum Gasteiger partial charge on any atom is 0.305 e. The molecular weight excluding hydrogens is 586 g/mol. The molecule has 1 aliphatic rings. The van der Waals surface area contributed by atoms with Crippen LogP contribution in [0.25, 0.3) is 0 Å². The summed E-state index contributed by atoms with van der Waals surface area (Å²) in [5.41, 5.74) is 2.20. The van der Waals surface area contributed by atoms with E-state index in [1.165, 1.54) is 18.0 Å². The summed E-state index contributed by atoms with van der Waals surface area (Å²) in [5.74, 6) is -1.70. The summed E-state index contributed by atoms with van der Waals surface area (Å²) < 4.78 is 11.4. The van der Waals surface area contributed by atoms with Gasteiger partial charge in [-0.3, -0.25) is 24.0 Å². The van der Waals surface area contributed by atoms with Gasteiger partial charge in [0.25, 0.3) is 0 Å². The van der Waals surface area contributed by atoms with E-state index in [1.807, 2.05) is 37.3 Å². The molecule has 0 saturated carbocycles. The second-order valence-electron chi connectivity index (χ2n) is 10.6. The molecule has 4 N–H and O–H groups in total. The number of carboxylic acid groups (broad SMARTS) is 1. The minimum absolute atomic E-state index is 0.0213. The van der Waals surface area contributed by atoms with Gasteiger partial charge < -0.3 is 30.5 Å². The third-order valence-electron chi connectivity index (χ3n) is 6.65. The van der Waals surface area contributed by atoms with Gasteiger partial charge in [0.2, 0.25) is 17.7 Å². The highest BCUT2D eigenvalue weighted by Crippen LogP contribution is 2.26. The number of Topliss-reactive ketones (excluding diaryl/α,β-unsaturated/α-hetero) is 1. The van der Waals surface area contributed by atoms with Crippen molar-refractivity contribution in [2.24, 2.45) is 5.92 Å². The fourth-order valence-electron chi connectivity index (χ4n) is 4.40. The zero-order valence-corrected chi connectivity index (χ0v) is 25.9. The Morgan fingerprint density at radius 1 is 1.07 bits per heavy atom. The van der Waals surface area contributed by atoms with Crippen LogP contribution in [-0.4, -0.2) is 59.0 Å². The number of carbonyl (C=O) groups is 5. The van der Waals surface area contributed by atoms with Crippen LogP contribution in [-0.2, 0) is 36.1 Å². The van der Waals surface area contributed by atoms with E-state index in [1.54, 1.807) is 32.0 Å². The first kappa shape index (κ1) is 34.2. The number of aliphatic carboxylic acids is 1. The Bertz CT molecular complexity index is 1360. The lowest BCUT2D eigenvalue weighted by atomic mass is 10.0. The largest absolute Gasteiger partial charge is 0.494 e. The molecule has 12 heteroatoms. The maximum atomic E-state index is 13.3. The first-order chi connectivity index (χ1) is 21.0. The molecule has 2 aromatic carbocycles. The van der Waals surface area contributed by atoms with Gasteiger partial charge in [-0.25, -0.2) is 0 Å². The van der Waals surface area contributed by atoms with Crippen molar-refractivity contribution in [3.05, 3.63) is 71.6 Å². The third-order valence-corrected chi connectivity index (χ3v) is 7.67. The van der Waals surface area contributed by atoms with Crippen LogP contribution in [0.4, 0.5) is 0 Å². The molecule has 44 heavy (non-hydrogen) atoms. The van der Waals surface area contributed by atoms with Crippen molar-refractivity contribution in [1.82, 2.24) is 16.0 Å². The van der Waals surface area contributed by atoms with E-state index in [9.17, 15) is 29.1 Å². The Hall–Kier alpha value is -4.32. The van der Waals surface area contributed by atoms with Crippen LogP contribution in [0.2, 0.25) is 0 Å². The number of carboxylic acids is 1. The molecule has 0 radical (unpaired) electrons. The van der Waals surface area contributed by atoms with E-state index in [0.29, 0.717) is 48.0 Å². The lowest BCUT2D eigenvalue weighted by Gasteiger charge is -2.25. The number of allylic oxidation sites excluding steroid dienone is 1. The van der Waals surface area contributed by atoms with Crippen LogP contribution in [0, 0.1) is 5.92 Å². The fraction of sp³-hybridized carbons (Fsp3) is 0.406. The topological polar surface area (TPSA) is 160 Å². The number of benzene rings is 2. The standard InChI is InChI=1S/C32H39N3O8S/c1-4-42-27-12-11-24(43-17-23-10-13-28(37)33-23)14-22(27)15-29(38)35-31(20(2)3)32(41)34-25(16-30(39)40)26(36)19-44-18-21-8-6-5-7-9-21/h5-9,11-12,14,17,20,25,31H,4,10,13,15-16,18-19H2,1-3H3,(H,33,37)(H,34,41)(H,35,38)(H,39,40)/b23-17+/t25?,31-/m0/s1. The number of rotatable bonds is 17. The summed E-state index contributed by atoms with van der Waals surface area (Å²) in [5, 5.41) is 17.4. The van der Waals surface area contributed by atoms with Crippen molar-refractivity contribution >= 4 is 41.2 Å². The van der Waals surface area contributed by atoms with Gasteiger partial charge in [0, 0.05) is 17.7 Å². The number of ether oxygens (including phenoxy) is 2. The molecule has 3 rings (SSSR count). The van der Waals surface area contributed by atoms with Crippen LogP contribution in [0.3, 0.4) is 0 Å². The van der Waals surface area contributed by atoms with Gasteiger partial charge >= 0.3 is 5.97 Å². The van der Waals surface area contributed by atoms with E-state index in [4.69, 9.17) is 9.47 Å². The smallest absolute Gasteiger partial charge is 0.305 e. The zero-order valence-electron chi connectivity index (χ0n) is 25.1. The molecule has 0 spiro atoms. The molecule has 11 nitrogen and oxygen atoms in total. The monoisotopic (exact) mass is 625 g/mol. The van der Waals surface area contributed by atoms with Crippen molar-refractivity contribution in [2.45, 2.75) is 64.3 Å². The van der Waals surface area contributed by atoms with Crippen molar-refractivity contribution in [3.63, 3.8) is 0 Å². The average Bonchev–Trinajstić information content (AvgIpc) is 3.40. The second-order valence-corrected chi connectivity index (χ2v) is 11.6. The molecule has 0 aliphatic carbocycles. The predicted octanol–water partition coefficient (Wildman–Crippen LogP) is 3.36. The Balaban J connectivity index is 1.65. The molecule has 1 aliphatic heterocycles. The summed E-state index contributed by atoms with van der Waals surface area (Å²) >= 11 is 1.33. The van der Waals surface area contributed by atoms with E-state index < -0.39 is 42.1 Å². The van der Waals surface area contributed by atoms with Crippen LogP contribution < -0.4 is 25.4 Å². The maximum absolute atomic E-state index is 13.3. The van der Waals surface area contributed by atoms with Crippen LogP contribution in [0.15, 0.2) is 60.5 Å². The van der Waals surface area contributed by atoms with Gasteiger partial charge in [-0.15, -0.1) is 11.8 Å². The molecule has 1 saturated heterocycles. The Labute approximate surface area is 261 Å². The van der Waals surface area contributed by atoms with Gasteiger partial charge in [-0.2, -0.15) is 0 Å². The normalized spacial score (nSPS) is 14.9. The molecule has 1 heterocycles. The predicted molar refractivity (Wildman–Crippen MR) is 166 cm³/mol. The first-order valence-electron chi connectivity index (χ1n) is 14.4. The van der Waals surface area contributed by atoms with E-state index in [0.717, 1.165) is 5.56 Å². The zero-order chi connectivity index (χ0) is 32.1. The number of carbonyl (C=O) groups excluding carboxylic acids is 4. The molecular formula is C32H39N3O8S. The highest BCUT2D eigenvalue weighted by molar-refractivity contribution is 7.99. The first-order valence-corrected chi connectivity index (χ1v) is 15.6. The van der Waals surface area contributed by atoms with E-state index >= 15 is 0 Å². The summed E-state index contributed by atoms with van der Waals surface area (Å²) in [6.45, 7) is 5.66. The molecule has 2 aromatic rings. The van der Waals surface area contributed by atoms with Crippen LogP contribution >= 0.6 is 11.8 Å². The molecule has 3 amide bonds. The highest BCUT2D eigenvalue weighted by atomic mass is 32.2. The Morgan fingerprint density at radius 2 is 1.82 bits per heavy atom. The molecule has 1 unspecified atom stereocenters. The average molecular weight is 626 g/mol. The number of nitrogens with one attached hydrogen (secondary N) is 3.